The Morgan fingerprint density at radius 3 is 2.39 bits per heavy atom. The van der Waals surface area contributed by atoms with E-state index < -0.39 is 23.5 Å². The minimum Gasteiger partial charge on any atom is -0.503 e. The van der Waals surface area contributed by atoms with Crippen LogP contribution in [0.3, 0.4) is 0 Å². The molecule has 0 saturated carbocycles. The number of fused-ring (bicyclic) bond motifs is 1. The molecule has 1 aliphatic rings. The number of Topliss-reactive ketones (excluding diaryl/α,β-unsaturated/α-hetero) is 1. The molecule has 5 rings (SSSR count). The van der Waals surface area contributed by atoms with Crippen LogP contribution in [0, 0.1) is 0 Å². The van der Waals surface area contributed by atoms with Crippen LogP contribution in [0.4, 0.5) is 0 Å². The summed E-state index contributed by atoms with van der Waals surface area (Å²) in [5.74, 6) is -0.703. The number of furan rings is 1. The molecule has 0 bridgehead atoms. The quantitative estimate of drug-likeness (QED) is 0.344. The second kappa shape index (κ2) is 9.62. The van der Waals surface area contributed by atoms with Crippen LogP contribution in [0.2, 0.25) is 0 Å². The Morgan fingerprint density at radius 1 is 0.944 bits per heavy atom. The predicted octanol–water partition coefficient (Wildman–Crippen LogP) is 5.27. The lowest BCUT2D eigenvalue weighted by Gasteiger charge is -2.27. The Bertz CT molecular complexity index is 1440. The average Bonchev–Trinajstić information content (AvgIpc) is 3.46. The number of aliphatic hydroxyl groups is 1. The maximum atomic E-state index is 13.7. The standard InChI is InChI=1S/C29H25NO6/c1-34-22-13-12-20(17-23(22)35-2)26-25(27(31)24-16-19-10-6-7-11-21(19)36-24)28(32)29(33)30(26)15-14-18-8-4-3-5-9-18/h3-13,16-17,26,32H,14-15H2,1-2H3/t26-/m0/s1. The van der Waals surface area contributed by atoms with Crippen molar-refractivity contribution in [1.82, 2.24) is 4.90 Å². The molecule has 2 heterocycles. The van der Waals surface area contributed by atoms with Gasteiger partial charge in [0.15, 0.2) is 23.0 Å². The number of ether oxygens (including phenoxy) is 2. The highest BCUT2D eigenvalue weighted by atomic mass is 16.5. The molecular formula is C29H25NO6. The third-order valence-corrected chi connectivity index (χ3v) is 6.41. The molecule has 0 spiro atoms. The Hall–Kier alpha value is -4.52. The first-order valence-corrected chi connectivity index (χ1v) is 11.5. The smallest absolute Gasteiger partial charge is 0.290 e. The summed E-state index contributed by atoms with van der Waals surface area (Å²) in [6.07, 6.45) is 0.551. The van der Waals surface area contributed by atoms with Crippen LogP contribution in [-0.4, -0.2) is 42.5 Å². The van der Waals surface area contributed by atoms with Gasteiger partial charge in [-0.1, -0.05) is 54.6 Å². The van der Waals surface area contributed by atoms with Gasteiger partial charge in [-0.25, -0.2) is 0 Å². The molecule has 0 radical (unpaired) electrons. The van der Waals surface area contributed by atoms with Gasteiger partial charge >= 0.3 is 0 Å². The van der Waals surface area contributed by atoms with Crippen molar-refractivity contribution in [2.24, 2.45) is 0 Å². The minimum absolute atomic E-state index is 0.0284. The Kier molecular flexibility index (Phi) is 6.21. The largest absolute Gasteiger partial charge is 0.503 e. The zero-order chi connectivity index (χ0) is 25.2. The van der Waals surface area contributed by atoms with E-state index in [2.05, 4.69) is 0 Å². The molecule has 1 aromatic heterocycles. The molecule has 1 N–H and O–H groups in total. The normalized spacial score (nSPS) is 15.6. The Balaban J connectivity index is 1.58. The Labute approximate surface area is 208 Å². The van der Waals surface area contributed by atoms with Crippen LogP contribution in [-0.2, 0) is 11.2 Å². The van der Waals surface area contributed by atoms with Gasteiger partial charge in [0.25, 0.3) is 5.91 Å². The molecule has 0 aliphatic carbocycles. The predicted molar refractivity (Wildman–Crippen MR) is 134 cm³/mol. The van der Waals surface area contributed by atoms with Crippen LogP contribution < -0.4 is 9.47 Å². The van der Waals surface area contributed by atoms with Gasteiger partial charge in [0.05, 0.1) is 25.8 Å². The number of methoxy groups -OCH3 is 2. The summed E-state index contributed by atoms with van der Waals surface area (Å²) in [4.78, 5) is 28.5. The van der Waals surface area contributed by atoms with Crippen molar-refractivity contribution in [2.45, 2.75) is 12.5 Å². The zero-order valence-electron chi connectivity index (χ0n) is 19.9. The van der Waals surface area contributed by atoms with E-state index in [-0.39, 0.29) is 11.3 Å². The average molecular weight is 484 g/mol. The zero-order valence-corrected chi connectivity index (χ0v) is 19.9. The second-order valence-electron chi connectivity index (χ2n) is 8.49. The van der Waals surface area contributed by atoms with Gasteiger partial charge in [-0.3, -0.25) is 9.59 Å². The number of carbonyl (C=O) groups excluding carboxylic acids is 2. The summed E-state index contributed by atoms with van der Waals surface area (Å²) in [6, 6.07) is 23.0. The fourth-order valence-electron chi connectivity index (χ4n) is 4.61. The lowest BCUT2D eigenvalue weighted by Crippen LogP contribution is -2.33. The van der Waals surface area contributed by atoms with E-state index in [4.69, 9.17) is 13.9 Å². The molecule has 7 nitrogen and oxygen atoms in total. The minimum atomic E-state index is -0.832. The number of benzene rings is 3. The van der Waals surface area contributed by atoms with E-state index in [0.717, 1.165) is 10.9 Å². The van der Waals surface area contributed by atoms with E-state index >= 15 is 0 Å². The summed E-state index contributed by atoms with van der Waals surface area (Å²) >= 11 is 0. The molecule has 1 aliphatic heterocycles. The molecule has 3 aromatic carbocycles. The maximum Gasteiger partial charge on any atom is 0.290 e. The highest BCUT2D eigenvalue weighted by Gasteiger charge is 2.44. The molecule has 0 saturated heterocycles. The van der Waals surface area contributed by atoms with Gasteiger partial charge < -0.3 is 23.9 Å². The summed E-state index contributed by atoms with van der Waals surface area (Å²) in [6.45, 7) is 0.294. The fraction of sp³-hybridized carbons (Fsp3) is 0.172. The van der Waals surface area contributed by atoms with Gasteiger partial charge in [-0.2, -0.15) is 0 Å². The fourth-order valence-corrected chi connectivity index (χ4v) is 4.61. The number of para-hydroxylation sites is 1. The molecule has 0 fully saturated rings. The van der Waals surface area contributed by atoms with Crippen molar-refractivity contribution in [3.8, 4) is 11.5 Å². The maximum absolute atomic E-state index is 13.7. The molecule has 36 heavy (non-hydrogen) atoms. The van der Waals surface area contributed by atoms with Crippen LogP contribution >= 0.6 is 0 Å². The molecular weight excluding hydrogens is 458 g/mol. The Morgan fingerprint density at radius 2 is 1.67 bits per heavy atom. The van der Waals surface area contributed by atoms with Crippen molar-refractivity contribution >= 4 is 22.7 Å². The molecule has 182 valence electrons. The van der Waals surface area contributed by atoms with Crippen LogP contribution in [0.25, 0.3) is 11.0 Å². The van der Waals surface area contributed by atoms with E-state index in [0.29, 0.717) is 35.6 Å². The monoisotopic (exact) mass is 483 g/mol. The van der Waals surface area contributed by atoms with Gasteiger partial charge in [0.2, 0.25) is 5.78 Å². The van der Waals surface area contributed by atoms with E-state index in [9.17, 15) is 14.7 Å². The number of aliphatic hydroxyl groups excluding tert-OH is 1. The molecule has 4 aromatic rings. The summed E-state index contributed by atoms with van der Waals surface area (Å²) in [5, 5.41) is 11.7. The van der Waals surface area contributed by atoms with Crippen molar-refractivity contribution in [1.29, 1.82) is 0 Å². The molecule has 1 amide bonds. The highest BCUT2D eigenvalue weighted by molar-refractivity contribution is 6.16. The lowest BCUT2D eigenvalue weighted by molar-refractivity contribution is -0.129. The van der Waals surface area contributed by atoms with E-state index in [1.165, 1.54) is 19.1 Å². The van der Waals surface area contributed by atoms with Crippen molar-refractivity contribution in [3.63, 3.8) is 0 Å². The SMILES string of the molecule is COc1ccc([C@H]2C(C(=O)c3cc4ccccc4o3)=C(O)C(=O)N2CCc2ccccc2)cc1OC. The van der Waals surface area contributed by atoms with Gasteiger partial charge in [0.1, 0.15) is 5.58 Å². The first-order chi connectivity index (χ1) is 17.5. The van der Waals surface area contributed by atoms with Crippen LogP contribution in [0.1, 0.15) is 27.7 Å². The first-order valence-electron chi connectivity index (χ1n) is 11.5. The third kappa shape index (κ3) is 4.09. The number of carbonyl (C=O) groups is 2. The van der Waals surface area contributed by atoms with Crippen LogP contribution in [0.15, 0.2) is 94.6 Å². The number of rotatable bonds is 8. The number of hydrogen-bond acceptors (Lipinski definition) is 6. The van der Waals surface area contributed by atoms with Crippen molar-refractivity contribution < 1.29 is 28.6 Å². The van der Waals surface area contributed by atoms with Gasteiger partial charge in [-0.15, -0.1) is 0 Å². The lowest BCUT2D eigenvalue weighted by atomic mass is 9.94. The summed E-state index contributed by atoms with van der Waals surface area (Å²) in [7, 11) is 3.05. The first kappa shape index (κ1) is 23.2. The molecule has 0 unspecified atom stereocenters. The van der Waals surface area contributed by atoms with Crippen molar-refractivity contribution in [2.75, 3.05) is 20.8 Å². The number of nitrogens with zero attached hydrogens (tertiary/aromatic N) is 1. The number of ketones is 1. The summed E-state index contributed by atoms with van der Waals surface area (Å²) < 4.78 is 16.6. The number of hydrogen-bond donors (Lipinski definition) is 1. The van der Waals surface area contributed by atoms with Crippen molar-refractivity contribution in [3.05, 3.63) is 107 Å². The second-order valence-corrected chi connectivity index (χ2v) is 8.49. The van der Waals surface area contributed by atoms with Gasteiger partial charge in [-0.05, 0) is 41.8 Å². The highest BCUT2D eigenvalue weighted by Crippen LogP contribution is 2.42. The molecule has 1 atom stereocenters. The third-order valence-electron chi connectivity index (χ3n) is 6.41. The van der Waals surface area contributed by atoms with E-state index in [1.54, 1.807) is 30.3 Å². The van der Waals surface area contributed by atoms with Crippen LogP contribution in [0.5, 0.6) is 11.5 Å². The summed E-state index contributed by atoms with van der Waals surface area (Å²) in [5.41, 5.74) is 2.17. The number of amides is 1. The topological polar surface area (TPSA) is 89.2 Å². The van der Waals surface area contributed by atoms with Gasteiger partial charge in [0, 0.05) is 11.9 Å². The molecule has 7 heteroatoms. The van der Waals surface area contributed by atoms with E-state index in [1.807, 2.05) is 48.5 Å².